The predicted molar refractivity (Wildman–Crippen MR) is 106 cm³/mol. The summed E-state index contributed by atoms with van der Waals surface area (Å²) in [7, 11) is 0. The molecule has 0 aromatic heterocycles. The number of benzene rings is 3. The summed E-state index contributed by atoms with van der Waals surface area (Å²) in [4.78, 5) is 11.1. The number of fused-ring (bicyclic) bond motifs is 1. The number of carboxylic acid groups (broad SMARTS) is 1. The molecule has 0 spiro atoms. The van der Waals surface area contributed by atoms with E-state index in [1.165, 1.54) is 6.07 Å². The lowest BCUT2D eigenvalue weighted by molar-refractivity contribution is 0.0660. The summed E-state index contributed by atoms with van der Waals surface area (Å²) >= 11 is 0. The quantitative estimate of drug-likeness (QED) is 0.652. The summed E-state index contributed by atoms with van der Waals surface area (Å²) in [6, 6.07) is 19.5. The molecule has 0 aliphatic carbocycles. The van der Waals surface area contributed by atoms with Crippen LogP contribution in [0.25, 0.3) is 11.1 Å². The van der Waals surface area contributed by atoms with Crippen LogP contribution in [-0.2, 0) is 12.8 Å². The van der Waals surface area contributed by atoms with Crippen LogP contribution in [-0.4, -0.2) is 16.7 Å². The van der Waals surface area contributed by atoms with Crippen LogP contribution >= 0.6 is 0 Å². The number of aromatic carboxylic acids is 1. The van der Waals surface area contributed by atoms with Crippen molar-refractivity contribution < 1.29 is 19.0 Å². The number of rotatable bonds is 4. The van der Waals surface area contributed by atoms with Gasteiger partial charge in [0.25, 0.3) is 0 Å². The Kier molecular flexibility index (Phi) is 4.63. The number of ether oxygens (including phenoxy) is 1. The first-order chi connectivity index (χ1) is 13.4. The number of carbonyl (C=O) groups is 1. The highest BCUT2D eigenvalue weighted by molar-refractivity contribution is 5.88. The third kappa shape index (κ3) is 3.63. The van der Waals surface area contributed by atoms with Crippen molar-refractivity contribution in [2.24, 2.45) is 0 Å². The van der Waals surface area contributed by atoms with E-state index < -0.39 is 11.6 Å². The number of halogens is 1. The monoisotopic (exact) mass is 376 g/mol. The Morgan fingerprint density at radius 1 is 1.11 bits per heavy atom. The highest BCUT2D eigenvalue weighted by atomic mass is 19.1. The van der Waals surface area contributed by atoms with Gasteiger partial charge in [-0.05, 0) is 60.7 Å². The molecular formula is C24H21FO3. The van der Waals surface area contributed by atoms with Gasteiger partial charge >= 0.3 is 5.97 Å². The molecule has 3 nitrogen and oxygen atoms in total. The molecule has 0 saturated carbocycles. The lowest BCUT2D eigenvalue weighted by atomic mass is 9.86. The number of hydrogen-bond donors (Lipinski definition) is 1. The highest BCUT2D eigenvalue weighted by Crippen LogP contribution is 2.41. The first kappa shape index (κ1) is 18.2. The van der Waals surface area contributed by atoms with E-state index in [0.29, 0.717) is 6.42 Å². The maximum Gasteiger partial charge on any atom is 0.335 e. The Bertz CT molecular complexity index is 1030. The van der Waals surface area contributed by atoms with Crippen molar-refractivity contribution in [3.63, 3.8) is 0 Å². The van der Waals surface area contributed by atoms with Crippen LogP contribution < -0.4 is 4.74 Å². The lowest BCUT2D eigenvalue weighted by Gasteiger charge is -2.37. The zero-order chi connectivity index (χ0) is 19.7. The smallest absolute Gasteiger partial charge is 0.335 e. The minimum atomic E-state index is -0.944. The van der Waals surface area contributed by atoms with Gasteiger partial charge in [-0.1, -0.05) is 42.5 Å². The van der Waals surface area contributed by atoms with Crippen molar-refractivity contribution in [3.05, 3.63) is 89.2 Å². The Morgan fingerprint density at radius 2 is 1.86 bits per heavy atom. The van der Waals surface area contributed by atoms with Crippen LogP contribution in [0.3, 0.4) is 0 Å². The van der Waals surface area contributed by atoms with Crippen molar-refractivity contribution in [1.82, 2.24) is 0 Å². The molecule has 0 unspecified atom stereocenters. The molecule has 0 radical (unpaired) electrons. The maximum absolute atomic E-state index is 13.6. The molecule has 1 N–H and O–H groups in total. The average molecular weight is 376 g/mol. The normalized spacial score (nSPS) is 18.2. The van der Waals surface area contributed by atoms with Crippen LogP contribution in [0.4, 0.5) is 4.39 Å². The molecule has 1 aliphatic rings. The minimum absolute atomic E-state index is 0.239. The third-order valence-corrected chi connectivity index (χ3v) is 5.28. The lowest BCUT2D eigenvalue weighted by Crippen LogP contribution is -2.38. The van der Waals surface area contributed by atoms with E-state index in [9.17, 15) is 9.18 Å². The Balaban J connectivity index is 1.66. The Hall–Kier alpha value is -3.14. The van der Waals surface area contributed by atoms with Gasteiger partial charge in [-0.2, -0.15) is 0 Å². The molecule has 4 heteroatoms. The van der Waals surface area contributed by atoms with E-state index in [0.717, 1.165) is 40.8 Å². The molecule has 28 heavy (non-hydrogen) atoms. The van der Waals surface area contributed by atoms with Gasteiger partial charge in [0.1, 0.15) is 17.2 Å². The SMILES string of the molecule is C[C@]1(Cc2cccc(F)c2)CCc2cccc(-c3ccc(C(=O)O)cc3)c2O1. The second kappa shape index (κ2) is 7.12. The molecule has 142 valence electrons. The summed E-state index contributed by atoms with van der Waals surface area (Å²) in [6.07, 6.45) is 2.34. The molecule has 0 bridgehead atoms. The van der Waals surface area contributed by atoms with E-state index in [4.69, 9.17) is 9.84 Å². The number of para-hydroxylation sites is 1. The van der Waals surface area contributed by atoms with Gasteiger partial charge in [-0.25, -0.2) is 9.18 Å². The van der Waals surface area contributed by atoms with Crippen molar-refractivity contribution >= 4 is 5.97 Å². The van der Waals surface area contributed by atoms with Gasteiger partial charge < -0.3 is 9.84 Å². The molecule has 3 aromatic rings. The van der Waals surface area contributed by atoms with E-state index in [1.54, 1.807) is 36.4 Å². The van der Waals surface area contributed by atoms with Crippen molar-refractivity contribution in [2.75, 3.05) is 0 Å². The predicted octanol–water partition coefficient (Wildman–Crippen LogP) is 5.52. The fraction of sp³-hybridized carbons (Fsp3) is 0.208. The third-order valence-electron chi connectivity index (χ3n) is 5.28. The molecule has 0 fully saturated rings. The zero-order valence-corrected chi connectivity index (χ0v) is 15.6. The van der Waals surface area contributed by atoms with Gasteiger partial charge in [0.05, 0.1) is 5.56 Å². The van der Waals surface area contributed by atoms with Crippen molar-refractivity contribution in [2.45, 2.75) is 31.8 Å². The fourth-order valence-corrected chi connectivity index (χ4v) is 3.82. The first-order valence-electron chi connectivity index (χ1n) is 9.33. The summed E-state index contributed by atoms with van der Waals surface area (Å²) < 4.78 is 20.1. The van der Waals surface area contributed by atoms with E-state index in [1.807, 2.05) is 18.2 Å². The van der Waals surface area contributed by atoms with Crippen LogP contribution in [0, 0.1) is 5.82 Å². The molecule has 1 heterocycles. The molecule has 3 aromatic carbocycles. The molecule has 0 amide bonds. The molecule has 0 saturated heterocycles. The molecule has 1 atom stereocenters. The van der Waals surface area contributed by atoms with Gasteiger partial charge in [0.15, 0.2) is 0 Å². The topological polar surface area (TPSA) is 46.5 Å². The number of carboxylic acids is 1. The standard InChI is InChI=1S/C24H21FO3/c1-24(15-16-4-2-6-20(25)14-16)13-12-18-5-3-7-21(22(18)28-24)17-8-10-19(11-9-17)23(26)27/h2-11,14H,12-13,15H2,1H3,(H,26,27)/t24-/m1/s1. The van der Waals surface area contributed by atoms with Crippen LogP contribution in [0.1, 0.15) is 34.8 Å². The maximum atomic E-state index is 13.6. The molecular weight excluding hydrogens is 355 g/mol. The highest BCUT2D eigenvalue weighted by Gasteiger charge is 2.33. The van der Waals surface area contributed by atoms with E-state index in [-0.39, 0.29) is 11.4 Å². The zero-order valence-electron chi connectivity index (χ0n) is 15.6. The Labute approximate surface area is 163 Å². The second-order valence-corrected chi connectivity index (χ2v) is 7.53. The second-order valence-electron chi connectivity index (χ2n) is 7.53. The van der Waals surface area contributed by atoms with Gasteiger partial charge in [-0.3, -0.25) is 0 Å². The van der Waals surface area contributed by atoms with Gasteiger partial charge in [0.2, 0.25) is 0 Å². The summed E-state index contributed by atoms with van der Waals surface area (Å²) in [5.74, 6) is -0.354. The van der Waals surface area contributed by atoms with Crippen LogP contribution in [0.5, 0.6) is 5.75 Å². The summed E-state index contributed by atoms with van der Waals surface area (Å²) in [5.41, 5.74) is 3.73. The van der Waals surface area contributed by atoms with Gasteiger partial charge in [0, 0.05) is 12.0 Å². The molecule has 1 aliphatic heterocycles. The minimum Gasteiger partial charge on any atom is -0.486 e. The fourth-order valence-electron chi connectivity index (χ4n) is 3.82. The summed E-state index contributed by atoms with van der Waals surface area (Å²) in [6.45, 7) is 2.06. The van der Waals surface area contributed by atoms with Crippen molar-refractivity contribution in [3.8, 4) is 16.9 Å². The largest absolute Gasteiger partial charge is 0.486 e. The average Bonchev–Trinajstić information content (AvgIpc) is 2.67. The first-order valence-corrected chi connectivity index (χ1v) is 9.33. The van der Waals surface area contributed by atoms with Crippen molar-refractivity contribution in [1.29, 1.82) is 0 Å². The van der Waals surface area contributed by atoms with Crippen LogP contribution in [0.2, 0.25) is 0 Å². The number of hydrogen-bond acceptors (Lipinski definition) is 2. The summed E-state index contributed by atoms with van der Waals surface area (Å²) in [5, 5.41) is 9.12. The van der Waals surface area contributed by atoms with E-state index in [2.05, 4.69) is 13.0 Å². The number of aryl methyl sites for hydroxylation is 1. The Morgan fingerprint density at radius 3 is 2.57 bits per heavy atom. The molecule has 4 rings (SSSR count). The van der Waals surface area contributed by atoms with E-state index >= 15 is 0 Å². The van der Waals surface area contributed by atoms with Crippen LogP contribution in [0.15, 0.2) is 66.7 Å². The van der Waals surface area contributed by atoms with Gasteiger partial charge in [-0.15, -0.1) is 0 Å².